The molecule has 34 heavy (non-hydrogen) atoms. The molecule has 0 aliphatic rings. The first-order valence-electron chi connectivity index (χ1n) is 10.9. The van der Waals surface area contributed by atoms with Gasteiger partial charge in [-0.3, -0.25) is 0 Å². The van der Waals surface area contributed by atoms with Crippen LogP contribution in [0.15, 0.2) is 48.5 Å². The number of hydrogen-bond acceptors (Lipinski definition) is 4. The second kappa shape index (κ2) is 8.52. The molecule has 4 N–H and O–H groups in total. The summed E-state index contributed by atoms with van der Waals surface area (Å²) in [6.45, 7) is 11.5. The monoisotopic (exact) mass is 462 g/mol. The fourth-order valence-corrected chi connectivity index (χ4v) is 4.14. The first kappa shape index (κ1) is 24.8. The minimum absolute atomic E-state index is 0.0505. The van der Waals surface area contributed by atoms with Crippen molar-refractivity contribution in [2.24, 2.45) is 0 Å². The third-order valence-electron chi connectivity index (χ3n) is 5.86. The van der Waals surface area contributed by atoms with Gasteiger partial charge in [0, 0.05) is 5.56 Å². The van der Waals surface area contributed by atoms with Crippen LogP contribution < -0.4 is 0 Å². The zero-order valence-corrected chi connectivity index (χ0v) is 20.2. The van der Waals surface area contributed by atoms with Crippen LogP contribution in [0.3, 0.4) is 0 Å². The molecule has 0 aliphatic carbocycles. The van der Waals surface area contributed by atoms with E-state index in [0.717, 1.165) is 0 Å². The van der Waals surface area contributed by atoms with E-state index in [-0.39, 0.29) is 28.2 Å². The Hall–Kier alpha value is -3.80. The summed E-state index contributed by atoms with van der Waals surface area (Å²) in [6.07, 6.45) is 0. The first-order chi connectivity index (χ1) is 15.6. The van der Waals surface area contributed by atoms with E-state index in [1.807, 2.05) is 41.5 Å². The lowest BCUT2D eigenvalue weighted by Crippen LogP contribution is -2.13. The van der Waals surface area contributed by atoms with Crippen LogP contribution in [-0.2, 0) is 10.8 Å². The van der Waals surface area contributed by atoms with Gasteiger partial charge in [0.25, 0.3) is 0 Å². The SMILES string of the molecule is CC(C)(C)c1cc(-c2ccc(C(=O)O)c(-c3ccc(O)c(C(C)(C)C)c3)c2C(=O)O)ccc1O. The molecule has 0 saturated carbocycles. The van der Waals surface area contributed by atoms with Gasteiger partial charge in [-0.25, -0.2) is 9.59 Å². The Bertz CT molecular complexity index is 1290. The molecule has 178 valence electrons. The smallest absolute Gasteiger partial charge is 0.336 e. The van der Waals surface area contributed by atoms with Crippen molar-refractivity contribution in [3.05, 3.63) is 70.8 Å². The molecule has 3 rings (SSSR count). The van der Waals surface area contributed by atoms with Gasteiger partial charge in [0.05, 0.1) is 11.1 Å². The maximum absolute atomic E-state index is 12.6. The predicted octanol–water partition coefficient (Wildman–Crippen LogP) is 6.42. The van der Waals surface area contributed by atoms with Crippen molar-refractivity contribution in [1.82, 2.24) is 0 Å². The fraction of sp³-hybridized carbons (Fsp3) is 0.286. The lowest BCUT2D eigenvalue weighted by molar-refractivity contribution is 0.0696. The number of phenolic OH excluding ortho intramolecular Hbond substituents is 2. The van der Waals surface area contributed by atoms with Crippen molar-refractivity contribution in [2.75, 3.05) is 0 Å². The molecule has 0 bridgehead atoms. The molecule has 0 atom stereocenters. The van der Waals surface area contributed by atoms with E-state index in [0.29, 0.717) is 27.8 Å². The van der Waals surface area contributed by atoms with Gasteiger partial charge in [-0.2, -0.15) is 0 Å². The van der Waals surface area contributed by atoms with Crippen molar-refractivity contribution in [3.63, 3.8) is 0 Å². The Morgan fingerprint density at radius 3 is 1.56 bits per heavy atom. The van der Waals surface area contributed by atoms with Crippen LogP contribution in [0.25, 0.3) is 22.3 Å². The Kier molecular flexibility index (Phi) is 6.22. The Balaban J connectivity index is 2.43. The largest absolute Gasteiger partial charge is 0.508 e. The first-order valence-corrected chi connectivity index (χ1v) is 10.9. The molecule has 0 unspecified atom stereocenters. The summed E-state index contributed by atoms with van der Waals surface area (Å²) < 4.78 is 0. The highest BCUT2D eigenvalue weighted by atomic mass is 16.4. The number of aromatic carboxylic acids is 2. The number of carboxylic acid groups (broad SMARTS) is 2. The van der Waals surface area contributed by atoms with Gasteiger partial charge in [0.2, 0.25) is 0 Å². The Morgan fingerprint density at radius 2 is 1.12 bits per heavy atom. The molecule has 0 heterocycles. The molecule has 0 aromatic heterocycles. The lowest BCUT2D eigenvalue weighted by atomic mass is 9.81. The quantitative estimate of drug-likeness (QED) is 0.355. The highest BCUT2D eigenvalue weighted by Gasteiger charge is 2.27. The van der Waals surface area contributed by atoms with E-state index >= 15 is 0 Å². The summed E-state index contributed by atoms with van der Waals surface area (Å²) in [5.41, 5.74) is 1.39. The molecule has 0 amide bonds. The minimum Gasteiger partial charge on any atom is -0.508 e. The van der Waals surface area contributed by atoms with Gasteiger partial charge in [-0.1, -0.05) is 59.7 Å². The van der Waals surface area contributed by atoms with E-state index in [1.54, 1.807) is 18.2 Å². The van der Waals surface area contributed by atoms with Crippen LogP contribution >= 0.6 is 0 Å². The highest BCUT2D eigenvalue weighted by molar-refractivity contribution is 6.09. The lowest BCUT2D eigenvalue weighted by Gasteiger charge is -2.23. The van der Waals surface area contributed by atoms with Crippen LogP contribution in [0.5, 0.6) is 11.5 Å². The zero-order valence-electron chi connectivity index (χ0n) is 20.2. The Morgan fingerprint density at radius 1 is 0.647 bits per heavy atom. The van der Waals surface area contributed by atoms with Gasteiger partial charge in [0.15, 0.2) is 0 Å². The molecule has 0 spiro atoms. The average molecular weight is 463 g/mol. The van der Waals surface area contributed by atoms with E-state index < -0.39 is 22.8 Å². The summed E-state index contributed by atoms with van der Waals surface area (Å²) >= 11 is 0. The number of phenols is 2. The zero-order chi connectivity index (χ0) is 25.6. The van der Waals surface area contributed by atoms with Gasteiger partial charge in [0.1, 0.15) is 11.5 Å². The van der Waals surface area contributed by atoms with Crippen LogP contribution in [0.4, 0.5) is 0 Å². The summed E-state index contributed by atoms with van der Waals surface area (Å²) in [5.74, 6) is -2.38. The minimum atomic E-state index is -1.27. The third-order valence-corrected chi connectivity index (χ3v) is 5.86. The molecule has 0 saturated heterocycles. The number of aromatic hydroxyl groups is 2. The summed E-state index contributed by atoms with van der Waals surface area (Å²) in [5, 5.41) is 40.9. The van der Waals surface area contributed by atoms with Crippen LogP contribution in [-0.4, -0.2) is 32.4 Å². The second-order valence-corrected chi connectivity index (χ2v) is 10.5. The molecule has 0 fully saturated rings. The number of carbonyl (C=O) groups is 2. The molecule has 0 aliphatic heterocycles. The van der Waals surface area contributed by atoms with Crippen molar-refractivity contribution in [2.45, 2.75) is 52.4 Å². The van der Waals surface area contributed by atoms with Crippen LogP contribution in [0.2, 0.25) is 0 Å². The fourth-order valence-electron chi connectivity index (χ4n) is 4.14. The highest BCUT2D eigenvalue weighted by Crippen LogP contribution is 2.41. The number of carboxylic acids is 2. The second-order valence-electron chi connectivity index (χ2n) is 10.5. The average Bonchev–Trinajstić information content (AvgIpc) is 2.71. The van der Waals surface area contributed by atoms with Crippen molar-refractivity contribution >= 4 is 11.9 Å². The number of benzene rings is 3. The molecular weight excluding hydrogens is 432 g/mol. The maximum atomic E-state index is 12.6. The van der Waals surface area contributed by atoms with Crippen molar-refractivity contribution in [1.29, 1.82) is 0 Å². The third kappa shape index (κ3) is 4.62. The van der Waals surface area contributed by atoms with Crippen molar-refractivity contribution in [3.8, 4) is 33.8 Å². The standard InChI is InChI=1S/C28H30O6/c1-27(2,3)19-13-15(7-11-21(19)29)17-9-10-18(25(31)32)23(24(17)26(33)34)16-8-12-22(30)20(14-16)28(4,5)6/h7-14,29-30H,1-6H3,(H,31,32)(H,33,34). The van der Waals surface area contributed by atoms with Gasteiger partial charge in [-0.05, 0) is 69.0 Å². The normalized spacial score (nSPS) is 11.9. The summed E-state index contributed by atoms with van der Waals surface area (Å²) in [7, 11) is 0. The van der Waals surface area contributed by atoms with Gasteiger partial charge in [-0.15, -0.1) is 0 Å². The topological polar surface area (TPSA) is 115 Å². The molecule has 6 heteroatoms. The van der Waals surface area contributed by atoms with E-state index in [9.17, 15) is 30.0 Å². The molecule has 6 nitrogen and oxygen atoms in total. The summed E-state index contributed by atoms with van der Waals surface area (Å²) in [4.78, 5) is 24.7. The molecule has 3 aromatic carbocycles. The Labute approximate surface area is 199 Å². The molecule has 3 aromatic rings. The van der Waals surface area contributed by atoms with E-state index in [1.165, 1.54) is 30.3 Å². The molecular formula is C28H30O6. The summed E-state index contributed by atoms with van der Waals surface area (Å²) in [6, 6.07) is 12.4. The van der Waals surface area contributed by atoms with Crippen LogP contribution in [0.1, 0.15) is 73.4 Å². The van der Waals surface area contributed by atoms with Crippen LogP contribution in [0, 0.1) is 0 Å². The van der Waals surface area contributed by atoms with E-state index in [4.69, 9.17) is 0 Å². The van der Waals surface area contributed by atoms with Gasteiger partial charge >= 0.3 is 11.9 Å². The molecule has 0 radical (unpaired) electrons. The number of hydrogen-bond donors (Lipinski definition) is 4. The van der Waals surface area contributed by atoms with Crippen molar-refractivity contribution < 1.29 is 30.0 Å². The predicted molar refractivity (Wildman–Crippen MR) is 132 cm³/mol. The van der Waals surface area contributed by atoms with E-state index in [2.05, 4.69) is 0 Å². The maximum Gasteiger partial charge on any atom is 0.336 e. The van der Waals surface area contributed by atoms with Gasteiger partial charge < -0.3 is 20.4 Å². The number of rotatable bonds is 4.